The average molecular weight is 488 g/mol. The van der Waals surface area contributed by atoms with Crippen LogP contribution in [0.5, 0.6) is 5.75 Å². The van der Waals surface area contributed by atoms with Gasteiger partial charge in [-0.05, 0) is 25.1 Å². The van der Waals surface area contributed by atoms with Crippen LogP contribution in [0.15, 0.2) is 48.9 Å². The summed E-state index contributed by atoms with van der Waals surface area (Å²) >= 11 is 0. The highest BCUT2D eigenvalue weighted by Crippen LogP contribution is 2.32. The van der Waals surface area contributed by atoms with Crippen LogP contribution in [0, 0.1) is 12.7 Å². The molecule has 0 saturated heterocycles. The number of halogens is 4. The smallest absolute Gasteiger partial charge is 0.435 e. The highest BCUT2D eigenvalue weighted by atomic mass is 19.4. The predicted molar refractivity (Wildman–Crippen MR) is 115 cm³/mol. The van der Waals surface area contributed by atoms with Crippen molar-refractivity contribution < 1.29 is 32.2 Å². The van der Waals surface area contributed by atoms with Gasteiger partial charge in [-0.2, -0.15) is 23.3 Å². The summed E-state index contributed by atoms with van der Waals surface area (Å²) in [7, 11) is 1.36. The number of carbonyl (C=O) groups is 1. The van der Waals surface area contributed by atoms with Crippen molar-refractivity contribution in [2.45, 2.75) is 13.1 Å². The highest BCUT2D eigenvalue weighted by molar-refractivity contribution is 5.89. The third-order valence-corrected chi connectivity index (χ3v) is 4.81. The van der Waals surface area contributed by atoms with Crippen molar-refractivity contribution in [1.29, 1.82) is 0 Å². The number of aryl methyl sites for hydroxylation is 1. The second-order valence-corrected chi connectivity index (χ2v) is 7.28. The first-order valence-electron chi connectivity index (χ1n) is 9.87. The van der Waals surface area contributed by atoms with E-state index in [2.05, 4.69) is 25.4 Å². The number of rotatable bonds is 6. The van der Waals surface area contributed by atoms with Gasteiger partial charge >= 0.3 is 12.1 Å². The quantitative estimate of drug-likeness (QED) is 0.377. The van der Waals surface area contributed by atoms with Crippen molar-refractivity contribution in [2.24, 2.45) is 0 Å². The van der Waals surface area contributed by atoms with Gasteiger partial charge in [0.05, 0.1) is 12.7 Å². The van der Waals surface area contributed by atoms with Gasteiger partial charge in [0, 0.05) is 53.2 Å². The number of alkyl halides is 3. The normalized spacial score (nSPS) is 11.4. The summed E-state index contributed by atoms with van der Waals surface area (Å²) in [6, 6.07) is 5.92. The Labute approximate surface area is 195 Å². The summed E-state index contributed by atoms with van der Waals surface area (Å²) in [6.45, 7) is 1.41. The van der Waals surface area contributed by atoms with Gasteiger partial charge in [-0.15, -0.1) is 0 Å². The summed E-state index contributed by atoms with van der Waals surface area (Å²) < 4.78 is 59.8. The van der Waals surface area contributed by atoms with Crippen LogP contribution in [-0.2, 0) is 6.18 Å². The third-order valence-electron chi connectivity index (χ3n) is 4.81. The van der Waals surface area contributed by atoms with Crippen LogP contribution in [0.4, 0.5) is 29.2 Å². The first-order valence-corrected chi connectivity index (χ1v) is 9.87. The molecule has 4 rings (SSSR count). The lowest BCUT2D eigenvalue weighted by atomic mass is 10.1. The molecule has 3 aromatic heterocycles. The number of aromatic nitrogens is 5. The van der Waals surface area contributed by atoms with Gasteiger partial charge in [0.1, 0.15) is 11.6 Å². The molecule has 0 aliphatic heterocycles. The van der Waals surface area contributed by atoms with Crippen molar-refractivity contribution >= 4 is 17.6 Å². The number of aromatic carboxylic acids is 1. The number of nitrogens with zero attached hydrogens (tertiary/aromatic N) is 5. The monoisotopic (exact) mass is 488 g/mol. The SMILES string of the molecule is COc1cc(F)cc(Nc2ncc(-c3cncc(C(=O)O)c3)c(-n3nc(C(F)(F)F)cc3C)n2)c1. The Kier molecular flexibility index (Phi) is 6.07. The summed E-state index contributed by atoms with van der Waals surface area (Å²) in [4.78, 5) is 23.7. The topological polar surface area (TPSA) is 115 Å². The van der Waals surface area contributed by atoms with Crippen LogP contribution in [-0.4, -0.2) is 42.9 Å². The summed E-state index contributed by atoms with van der Waals surface area (Å²) in [5, 5.41) is 15.7. The maximum absolute atomic E-state index is 13.9. The number of carboxylic acids is 1. The molecule has 4 aromatic rings. The zero-order valence-electron chi connectivity index (χ0n) is 18.1. The molecule has 0 unspecified atom stereocenters. The summed E-state index contributed by atoms with van der Waals surface area (Å²) in [6.07, 6.45) is -0.978. The van der Waals surface area contributed by atoms with Gasteiger partial charge in [-0.3, -0.25) is 4.98 Å². The molecule has 35 heavy (non-hydrogen) atoms. The van der Waals surface area contributed by atoms with Gasteiger partial charge in [0.15, 0.2) is 11.5 Å². The number of anilines is 2. The molecule has 13 heteroatoms. The van der Waals surface area contributed by atoms with E-state index in [1.165, 1.54) is 38.6 Å². The predicted octanol–water partition coefficient (Wildman–Crippen LogP) is 4.64. The fraction of sp³-hybridized carbons (Fsp3) is 0.136. The zero-order chi connectivity index (χ0) is 25.3. The molecule has 2 N–H and O–H groups in total. The van der Waals surface area contributed by atoms with Crippen molar-refractivity contribution in [3.63, 3.8) is 0 Å². The number of hydrogen-bond acceptors (Lipinski definition) is 7. The molecule has 0 spiro atoms. The van der Waals surface area contributed by atoms with Crippen molar-refractivity contribution in [3.05, 3.63) is 71.7 Å². The average Bonchev–Trinajstić information content (AvgIpc) is 3.20. The van der Waals surface area contributed by atoms with E-state index in [0.29, 0.717) is 0 Å². The maximum atomic E-state index is 13.9. The first kappa shape index (κ1) is 23.6. The van der Waals surface area contributed by atoms with E-state index in [9.17, 15) is 27.5 Å². The van der Waals surface area contributed by atoms with Gasteiger partial charge in [-0.25, -0.2) is 18.9 Å². The Hall–Kier alpha value is -4.55. The Bertz CT molecular complexity index is 1420. The van der Waals surface area contributed by atoms with Crippen LogP contribution in [0.3, 0.4) is 0 Å². The molecule has 0 bridgehead atoms. The van der Waals surface area contributed by atoms with Crippen LogP contribution < -0.4 is 10.1 Å². The highest BCUT2D eigenvalue weighted by Gasteiger charge is 2.35. The summed E-state index contributed by atoms with van der Waals surface area (Å²) in [5.74, 6) is -1.78. The minimum absolute atomic E-state index is 0.0804. The fourth-order valence-corrected chi connectivity index (χ4v) is 3.21. The lowest BCUT2D eigenvalue weighted by Crippen LogP contribution is -2.11. The molecule has 180 valence electrons. The molecule has 0 aliphatic rings. The molecule has 9 nitrogen and oxygen atoms in total. The van der Waals surface area contributed by atoms with Crippen LogP contribution in [0.1, 0.15) is 21.7 Å². The van der Waals surface area contributed by atoms with E-state index >= 15 is 0 Å². The second kappa shape index (κ2) is 9.00. The molecule has 1 aromatic carbocycles. The van der Waals surface area contributed by atoms with Gasteiger partial charge in [0.25, 0.3) is 0 Å². The standard InChI is InChI=1S/C22H16F4N6O3/c1-11-3-18(22(24,25)26)31-32(11)19-17(12-4-13(20(33)34)9-27-8-12)10-28-21(30-19)29-15-5-14(23)6-16(7-15)35-2/h3-10H,1-2H3,(H,33,34)(H,28,29,30). The van der Waals surface area contributed by atoms with E-state index in [1.54, 1.807) is 0 Å². The van der Waals surface area contributed by atoms with Crippen molar-refractivity contribution in [2.75, 3.05) is 12.4 Å². The number of nitrogens with one attached hydrogen (secondary N) is 1. The number of pyridine rings is 1. The van der Waals surface area contributed by atoms with E-state index in [-0.39, 0.29) is 45.6 Å². The Morgan fingerprint density at radius 3 is 2.54 bits per heavy atom. The second-order valence-electron chi connectivity index (χ2n) is 7.28. The Morgan fingerprint density at radius 2 is 1.89 bits per heavy atom. The molecule has 0 aliphatic carbocycles. The van der Waals surface area contributed by atoms with E-state index in [4.69, 9.17) is 4.74 Å². The number of ether oxygens (including phenoxy) is 1. The molecule has 0 saturated carbocycles. The van der Waals surface area contributed by atoms with E-state index in [0.717, 1.165) is 29.1 Å². The molecule has 0 amide bonds. The maximum Gasteiger partial charge on any atom is 0.435 e. The Balaban J connectivity index is 1.87. The molecule has 0 atom stereocenters. The minimum Gasteiger partial charge on any atom is -0.497 e. The van der Waals surface area contributed by atoms with Crippen molar-refractivity contribution in [1.82, 2.24) is 24.7 Å². The number of methoxy groups -OCH3 is 1. The van der Waals surface area contributed by atoms with Crippen LogP contribution >= 0.6 is 0 Å². The van der Waals surface area contributed by atoms with Gasteiger partial charge in [-0.1, -0.05) is 0 Å². The number of hydrogen-bond donors (Lipinski definition) is 2. The zero-order valence-corrected chi connectivity index (χ0v) is 18.1. The lowest BCUT2D eigenvalue weighted by molar-refractivity contribution is -0.141. The largest absolute Gasteiger partial charge is 0.497 e. The molecular weight excluding hydrogens is 472 g/mol. The van der Waals surface area contributed by atoms with E-state index < -0.39 is 23.7 Å². The first-order chi connectivity index (χ1) is 16.5. The van der Waals surface area contributed by atoms with Crippen LogP contribution in [0.2, 0.25) is 0 Å². The van der Waals surface area contributed by atoms with Crippen molar-refractivity contribution in [3.8, 4) is 22.7 Å². The third kappa shape index (κ3) is 5.03. The number of benzene rings is 1. The summed E-state index contributed by atoms with van der Waals surface area (Å²) in [5.41, 5.74) is -0.538. The lowest BCUT2D eigenvalue weighted by Gasteiger charge is -2.13. The fourth-order valence-electron chi connectivity index (χ4n) is 3.21. The Morgan fingerprint density at radius 1 is 1.11 bits per heavy atom. The van der Waals surface area contributed by atoms with Gasteiger partial charge < -0.3 is 15.2 Å². The molecular formula is C22H16F4N6O3. The molecule has 3 heterocycles. The van der Waals surface area contributed by atoms with Gasteiger partial charge in [0.2, 0.25) is 5.95 Å². The van der Waals surface area contributed by atoms with E-state index in [1.807, 2.05) is 0 Å². The molecule has 0 fully saturated rings. The minimum atomic E-state index is -4.70. The number of carboxylic acid groups (broad SMARTS) is 1. The molecule has 0 radical (unpaired) electrons. The van der Waals surface area contributed by atoms with Crippen LogP contribution in [0.25, 0.3) is 16.9 Å².